The first-order valence-electron chi connectivity index (χ1n) is 6.57. The molecule has 3 N–H and O–H groups in total. The van der Waals surface area contributed by atoms with Gasteiger partial charge in [-0.3, -0.25) is 10.9 Å². The molecular weight excluding hydrogens is 377 g/mol. The molecule has 0 fully saturated rings. The van der Waals surface area contributed by atoms with Gasteiger partial charge in [0.15, 0.2) is 5.11 Å². The summed E-state index contributed by atoms with van der Waals surface area (Å²) >= 11 is 23.2. The molecule has 0 bridgehead atoms. The first-order valence-corrected chi connectivity index (χ1v) is 8.11. The van der Waals surface area contributed by atoms with Gasteiger partial charge in [0.1, 0.15) is 5.75 Å². The molecule has 0 unspecified atom stereocenters. The van der Waals surface area contributed by atoms with Crippen molar-refractivity contribution in [3.05, 3.63) is 57.0 Å². The van der Waals surface area contributed by atoms with Crippen LogP contribution in [0.3, 0.4) is 0 Å². The number of benzene rings is 2. The van der Waals surface area contributed by atoms with E-state index in [1.165, 1.54) is 0 Å². The number of nitrogens with one attached hydrogen (secondary N) is 3. The van der Waals surface area contributed by atoms with Crippen LogP contribution in [0, 0.1) is 0 Å². The number of methoxy groups -OCH3 is 1. The standard InChI is InChI=1S/C15H14Cl3N3OS/c1-22-11-4-2-9(3-5-11)8-19-15(23)21-20-14-12(17)6-10(16)7-13(14)18/h2-7,20H,8H2,1H3,(H2,19,21,23). The second-order valence-electron chi connectivity index (χ2n) is 4.53. The lowest BCUT2D eigenvalue weighted by Gasteiger charge is -2.15. The van der Waals surface area contributed by atoms with Crippen molar-refractivity contribution in [1.29, 1.82) is 0 Å². The summed E-state index contributed by atoms with van der Waals surface area (Å²) in [6.07, 6.45) is 0. The van der Waals surface area contributed by atoms with Crippen LogP contribution < -0.4 is 20.9 Å². The highest BCUT2D eigenvalue weighted by Crippen LogP contribution is 2.32. The normalized spacial score (nSPS) is 10.1. The van der Waals surface area contributed by atoms with Crippen molar-refractivity contribution in [1.82, 2.24) is 10.7 Å². The van der Waals surface area contributed by atoms with Crippen LogP contribution in [-0.4, -0.2) is 12.2 Å². The third-order valence-corrected chi connectivity index (χ3v) is 3.98. The number of hydrogen-bond donors (Lipinski definition) is 3. The van der Waals surface area contributed by atoms with Crippen LogP contribution in [0.25, 0.3) is 0 Å². The lowest BCUT2D eigenvalue weighted by molar-refractivity contribution is 0.414. The maximum Gasteiger partial charge on any atom is 0.185 e. The monoisotopic (exact) mass is 389 g/mol. The average Bonchev–Trinajstić information content (AvgIpc) is 2.52. The fourth-order valence-electron chi connectivity index (χ4n) is 1.75. The third-order valence-electron chi connectivity index (χ3n) is 2.92. The van der Waals surface area contributed by atoms with Gasteiger partial charge < -0.3 is 10.1 Å². The lowest BCUT2D eigenvalue weighted by atomic mass is 10.2. The van der Waals surface area contributed by atoms with Gasteiger partial charge >= 0.3 is 0 Å². The zero-order valence-electron chi connectivity index (χ0n) is 12.1. The zero-order valence-corrected chi connectivity index (χ0v) is 15.2. The molecule has 0 spiro atoms. The number of hydrazine groups is 1. The molecule has 8 heteroatoms. The van der Waals surface area contributed by atoms with E-state index in [0.717, 1.165) is 11.3 Å². The highest BCUT2D eigenvalue weighted by atomic mass is 35.5. The molecule has 0 saturated heterocycles. The summed E-state index contributed by atoms with van der Waals surface area (Å²) in [5.74, 6) is 0.808. The van der Waals surface area contributed by atoms with Gasteiger partial charge in [-0.1, -0.05) is 46.9 Å². The Morgan fingerprint density at radius 1 is 1.09 bits per heavy atom. The van der Waals surface area contributed by atoms with Crippen LogP contribution in [0.2, 0.25) is 15.1 Å². The molecule has 0 aromatic heterocycles. The van der Waals surface area contributed by atoms with E-state index >= 15 is 0 Å². The molecule has 0 heterocycles. The molecule has 2 rings (SSSR count). The molecule has 0 aliphatic heterocycles. The molecule has 2 aromatic carbocycles. The Bertz CT molecular complexity index is 672. The number of rotatable bonds is 5. The Kier molecular flexibility index (Phi) is 6.59. The summed E-state index contributed by atoms with van der Waals surface area (Å²) in [5.41, 5.74) is 7.27. The van der Waals surface area contributed by atoms with Gasteiger partial charge in [-0.2, -0.15) is 0 Å². The van der Waals surface area contributed by atoms with Gasteiger partial charge in [0, 0.05) is 11.6 Å². The molecule has 0 atom stereocenters. The van der Waals surface area contributed by atoms with Crippen LogP contribution in [-0.2, 0) is 6.54 Å². The molecule has 122 valence electrons. The molecule has 0 amide bonds. The Hall–Kier alpha value is -1.40. The van der Waals surface area contributed by atoms with Crippen LogP contribution in [0.1, 0.15) is 5.56 Å². The van der Waals surface area contributed by atoms with Crippen molar-refractivity contribution < 1.29 is 4.74 Å². The van der Waals surface area contributed by atoms with Crippen molar-refractivity contribution >= 4 is 57.8 Å². The molecule has 4 nitrogen and oxygen atoms in total. The van der Waals surface area contributed by atoms with E-state index in [1.807, 2.05) is 24.3 Å². The molecule has 23 heavy (non-hydrogen) atoms. The van der Waals surface area contributed by atoms with Gasteiger partial charge in [-0.15, -0.1) is 0 Å². The highest BCUT2D eigenvalue weighted by Gasteiger charge is 2.07. The van der Waals surface area contributed by atoms with E-state index in [0.29, 0.717) is 32.4 Å². The number of halogens is 3. The van der Waals surface area contributed by atoms with Gasteiger partial charge in [0.2, 0.25) is 0 Å². The van der Waals surface area contributed by atoms with E-state index in [4.69, 9.17) is 51.8 Å². The van der Waals surface area contributed by atoms with Crippen molar-refractivity contribution in [3.63, 3.8) is 0 Å². The summed E-state index contributed by atoms with van der Waals surface area (Å²) in [5, 5.41) is 4.72. The number of thiocarbonyl (C=S) groups is 1. The van der Waals surface area contributed by atoms with Gasteiger partial charge in [0.05, 0.1) is 22.8 Å². The first-order chi connectivity index (χ1) is 11.0. The number of hydrogen-bond acceptors (Lipinski definition) is 3. The summed E-state index contributed by atoms with van der Waals surface area (Å²) < 4.78 is 5.11. The summed E-state index contributed by atoms with van der Waals surface area (Å²) in [7, 11) is 1.63. The van der Waals surface area contributed by atoms with Crippen molar-refractivity contribution in [2.45, 2.75) is 6.54 Å². The van der Waals surface area contributed by atoms with Crippen LogP contribution in [0.5, 0.6) is 5.75 Å². The molecule has 0 aliphatic rings. The minimum atomic E-state index is 0.396. The van der Waals surface area contributed by atoms with Gasteiger partial charge in [-0.05, 0) is 42.0 Å². The Morgan fingerprint density at radius 2 is 1.70 bits per heavy atom. The Morgan fingerprint density at radius 3 is 2.26 bits per heavy atom. The van der Waals surface area contributed by atoms with E-state index in [1.54, 1.807) is 19.2 Å². The van der Waals surface area contributed by atoms with E-state index < -0.39 is 0 Å². The molecule has 2 aromatic rings. The summed E-state index contributed by atoms with van der Waals surface area (Å²) in [6, 6.07) is 10.9. The molecule has 0 aliphatic carbocycles. The van der Waals surface area contributed by atoms with E-state index in [2.05, 4.69) is 16.2 Å². The van der Waals surface area contributed by atoms with Crippen molar-refractivity contribution in [2.75, 3.05) is 12.5 Å². The molecule has 0 saturated carbocycles. The second-order valence-corrected chi connectivity index (χ2v) is 6.18. The zero-order chi connectivity index (χ0) is 16.8. The topological polar surface area (TPSA) is 45.3 Å². The minimum Gasteiger partial charge on any atom is -0.497 e. The maximum atomic E-state index is 6.07. The second kappa shape index (κ2) is 8.45. The highest BCUT2D eigenvalue weighted by molar-refractivity contribution is 7.80. The lowest BCUT2D eigenvalue weighted by Crippen LogP contribution is -2.38. The Balaban J connectivity index is 1.85. The first kappa shape index (κ1) is 17.9. The summed E-state index contributed by atoms with van der Waals surface area (Å²) in [4.78, 5) is 0. The van der Waals surface area contributed by atoms with Crippen LogP contribution in [0.4, 0.5) is 5.69 Å². The van der Waals surface area contributed by atoms with Crippen LogP contribution in [0.15, 0.2) is 36.4 Å². The van der Waals surface area contributed by atoms with Gasteiger partial charge in [0.25, 0.3) is 0 Å². The third kappa shape index (κ3) is 5.32. The van der Waals surface area contributed by atoms with Crippen molar-refractivity contribution in [3.8, 4) is 5.75 Å². The SMILES string of the molecule is COc1ccc(CNC(=S)NNc2c(Cl)cc(Cl)cc2Cl)cc1. The number of ether oxygens (including phenoxy) is 1. The largest absolute Gasteiger partial charge is 0.497 e. The summed E-state index contributed by atoms with van der Waals surface area (Å²) in [6.45, 7) is 0.569. The van der Waals surface area contributed by atoms with E-state index in [-0.39, 0.29) is 0 Å². The number of anilines is 1. The smallest absolute Gasteiger partial charge is 0.185 e. The van der Waals surface area contributed by atoms with Crippen molar-refractivity contribution in [2.24, 2.45) is 0 Å². The van der Waals surface area contributed by atoms with Gasteiger partial charge in [-0.25, -0.2) is 0 Å². The molecular formula is C15H14Cl3N3OS. The van der Waals surface area contributed by atoms with E-state index in [9.17, 15) is 0 Å². The minimum absolute atomic E-state index is 0.396. The predicted octanol–water partition coefficient (Wildman–Crippen LogP) is 4.65. The Labute approximate surface area is 155 Å². The van der Waals surface area contributed by atoms with Crippen LogP contribution >= 0.6 is 47.0 Å². The maximum absolute atomic E-state index is 6.07. The average molecular weight is 391 g/mol. The predicted molar refractivity (Wildman–Crippen MR) is 101 cm³/mol. The fourth-order valence-corrected chi connectivity index (χ4v) is 2.79. The quantitative estimate of drug-likeness (QED) is 0.512. The fraction of sp³-hybridized carbons (Fsp3) is 0.133. The molecule has 0 radical (unpaired) electrons.